The second kappa shape index (κ2) is 8.34. The Bertz CT molecular complexity index is 331. The van der Waals surface area contributed by atoms with E-state index in [1.165, 1.54) is 0 Å². The van der Waals surface area contributed by atoms with Gasteiger partial charge in [-0.2, -0.15) is 0 Å². The molecule has 0 aliphatic heterocycles. The maximum absolute atomic E-state index is 8.63. The van der Waals surface area contributed by atoms with Crippen molar-refractivity contribution in [3.63, 3.8) is 0 Å². The fourth-order valence-corrected chi connectivity index (χ4v) is 1.87. The summed E-state index contributed by atoms with van der Waals surface area (Å²) in [6, 6.07) is 5.80. The highest BCUT2D eigenvalue weighted by Crippen LogP contribution is 2.24. The largest absolute Gasteiger partial charge is 0.495 e. The van der Waals surface area contributed by atoms with Gasteiger partial charge in [0.25, 0.3) is 0 Å². The van der Waals surface area contributed by atoms with Crippen molar-refractivity contribution in [2.45, 2.75) is 25.8 Å². The van der Waals surface area contributed by atoms with Gasteiger partial charge in [-0.15, -0.1) is 0 Å². The second-order valence-corrected chi connectivity index (χ2v) is 4.34. The Morgan fingerprint density at radius 1 is 1.29 bits per heavy atom. The highest BCUT2D eigenvalue weighted by atomic mass is 35.5. The minimum Gasteiger partial charge on any atom is -0.495 e. The molecule has 17 heavy (non-hydrogen) atoms. The van der Waals surface area contributed by atoms with Crippen LogP contribution in [0, 0.1) is 0 Å². The van der Waals surface area contributed by atoms with Gasteiger partial charge in [0.15, 0.2) is 0 Å². The standard InChI is InChI=1S/C13H20ClNO2/c1-17-13-6-5-11(9-12(13)14)10-15-7-3-2-4-8-16/h5-6,9,15-16H,2-4,7-8,10H2,1H3. The molecule has 4 heteroatoms. The van der Waals surface area contributed by atoms with Gasteiger partial charge in [-0.1, -0.05) is 17.7 Å². The van der Waals surface area contributed by atoms with Gasteiger partial charge in [0.1, 0.15) is 5.75 Å². The van der Waals surface area contributed by atoms with E-state index in [-0.39, 0.29) is 6.61 Å². The summed E-state index contributed by atoms with van der Waals surface area (Å²) in [7, 11) is 1.61. The lowest BCUT2D eigenvalue weighted by Gasteiger charge is -2.07. The average Bonchev–Trinajstić information content (AvgIpc) is 2.34. The summed E-state index contributed by atoms with van der Waals surface area (Å²) in [6.07, 6.45) is 3.04. The normalized spacial score (nSPS) is 10.5. The van der Waals surface area contributed by atoms with Crippen LogP contribution in [0.5, 0.6) is 5.75 Å². The van der Waals surface area contributed by atoms with Crippen molar-refractivity contribution in [1.29, 1.82) is 0 Å². The fourth-order valence-electron chi connectivity index (χ4n) is 1.59. The summed E-state index contributed by atoms with van der Waals surface area (Å²) in [5, 5.41) is 12.6. The van der Waals surface area contributed by atoms with Crippen molar-refractivity contribution >= 4 is 11.6 Å². The first-order valence-electron chi connectivity index (χ1n) is 5.92. The van der Waals surface area contributed by atoms with Gasteiger partial charge in [0.05, 0.1) is 12.1 Å². The molecule has 2 N–H and O–H groups in total. The van der Waals surface area contributed by atoms with Crippen LogP contribution in [0.3, 0.4) is 0 Å². The van der Waals surface area contributed by atoms with Crippen molar-refractivity contribution in [2.24, 2.45) is 0 Å². The highest BCUT2D eigenvalue weighted by molar-refractivity contribution is 6.32. The van der Waals surface area contributed by atoms with Gasteiger partial charge in [-0.3, -0.25) is 0 Å². The SMILES string of the molecule is COc1ccc(CNCCCCCO)cc1Cl. The zero-order valence-corrected chi connectivity index (χ0v) is 11.0. The third kappa shape index (κ3) is 5.39. The van der Waals surface area contributed by atoms with Crippen LogP contribution in [0.15, 0.2) is 18.2 Å². The van der Waals surface area contributed by atoms with Crippen LogP contribution in [0.25, 0.3) is 0 Å². The Morgan fingerprint density at radius 2 is 2.12 bits per heavy atom. The summed E-state index contributed by atoms with van der Waals surface area (Å²) in [6.45, 7) is 2.06. The van der Waals surface area contributed by atoms with Gasteiger partial charge in [-0.05, 0) is 43.5 Å². The zero-order chi connectivity index (χ0) is 12.5. The molecular formula is C13H20ClNO2. The first kappa shape index (κ1) is 14.3. The molecule has 0 unspecified atom stereocenters. The maximum atomic E-state index is 8.63. The minimum absolute atomic E-state index is 0.286. The molecule has 0 saturated carbocycles. The molecule has 0 bridgehead atoms. The highest BCUT2D eigenvalue weighted by Gasteiger charge is 2.01. The number of methoxy groups -OCH3 is 1. The van der Waals surface area contributed by atoms with Crippen LogP contribution in [0.2, 0.25) is 5.02 Å². The first-order chi connectivity index (χ1) is 8.27. The number of rotatable bonds is 8. The van der Waals surface area contributed by atoms with Gasteiger partial charge in [-0.25, -0.2) is 0 Å². The molecule has 0 spiro atoms. The molecule has 0 fully saturated rings. The molecule has 96 valence electrons. The van der Waals surface area contributed by atoms with Crippen LogP contribution in [0.1, 0.15) is 24.8 Å². The number of aliphatic hydroxyl groups excluding tert-OH is 1. The number of benzene rings is 1. The number of unbranched alkanes of at least 4 members (excludes halogenated alkanes) is 2. The number of nitrogens with one attached hydrogen (secondary N) is 1. The first-order valence-corrected chi connectivity index (χ1v) is 6.29. The Labute approximate surface area is 108 Å². The molecule has 0 saturated heterocycles. The molecule has 0 heterocycles. The van der Waals surface area contributed by atoms with E-state index in [0.717, 1.165) is 37.9 Å². The topological polar surface area (TPSA) is 41.5 Å². The monoisotopic (exact) mass is 257 g/mol. The third-order valence-electron chi connectivity index (χ3n) is 2.56. The number of aliphatic hydroxyl groups is 1. The molecular weight excluding hydrogens is 238 g/mol. The van der Waals surface area contributed by atoms with E-state index in [1.54, 1.807) is 7.11 Å². The third-order valence-corrected chi connectivity index (χ3v) is 2.85. The minimum atomic E-state index is 0.286. The Morgan fingerprint density at radius 3 is 2.76 bits per heavy atom. The van der Waals surface area contributed by atoms with E-state index in [1.807, 2.05) is 18.2 Å². The van der Waals surface area contributed by atoms with Gasteiger partial charge < -0.3 is 15.2 Å². The Balaban J connectivity index is 2.25. The smallest absolute Gasteiger partial charge is 0.137 e. The van der Waals surface area contributed by atoms with E-state index in [9.17, 15) is 0 Å². The van der Waals surface area contributed by atoms with Crippen LogP contribution < -0.4 is 10.1 Å². The fraction of sp³-hybridized carbons (Fsp3) is 0.538. The van der Waals surface area contributed by atoms with E-state index >= 15 is 0 Å². The zero-order valence-electron chi connectivity index (χ0n) is 10.2. The average molecular weight is 258 g/mol. The van der Waals surface area contributed by atoms with Gasteiger partial charge >= 0.3 is 0 Å². The summed E-state index contributed by atoms with van der Waals surface area (Å²) in [5.74, 6) is 0.707. The molecule has 0 amide bonds. The molecule has 1 aromatic rings. The number of halogens is 1. The summed E-state index contributed by atoms with van der Waals surface area (Å²) in [4.78, 5) is 0. The van der Waals surface area contributed by atoms with Crippen molar-refractivity contribution in [3.8, 4) is 5.75 Å². The lowest BCUT2D eigenvalue weighted by atomic mass is 10.2. The number of hydrogen-bond donors (Lipinski definition) is 2. The van der Waals surface area contributed by atoms with Crippen LogP contribution in [-0.4, -0.2) is 25.4 Å². The Kier molecular flexibility index (Phi) is 7.01. The summed E-state index contributed by atoms with van der Waals surface area (Å²) >= 11 is 6.03. The predicted molar refractivity (Wildman–Crippen MR) is 70.6 cm³/mol. The summed E-state index contributed by atoms with van der Waals surface area (Å²) < 4.78 is 5.09. The molecule has 0 radical (unpaired) electrons. The lowest BCUT2D eigenvalue weighted by molar-refractivity contribution is 0.283. The van der Waals surface area contributed by atoms with E-state index < -0.39 is 0 Å². The van der Waals surface area contributed by atoms with Crippen molar-refractivity contribution in [1.82, 2.24) is 5.32 Å². The van der Waals surface area contributed by atoms with E-state index in [2.05, 4.69) is 5.32 Å². The van der Waals surface area contributed by atoms with Crippen molar-refractivity contribution < 1.29 is 9.84 Å². The maximum Gasteiger partial charge on any atom is 0.137 e. The van der Waals surface area contributed by atoms with E-state index in [0.29, 0.717) is 10.8 Å². The Hall–Kier alpha value is -0.770. The molecule has 0 atom stereocenters. The molecule has 0 aromatic heterocycles. The molecule has 1 aromatic carbocycles. The molecule has 1 rings (SSSR count). The van der Waals surface area contributed by atoms with Crippen LogP contribution >= 0.6 is 11.6 Å². The summed E-state index contributed by atoms with van der Waals surface area (Å²) in [5.41, 5.74) is 1.15. The van der Waals surface area contributed by atoms with Crippen molar-refractivity contribution in [2.75, 3.05) is 20.3 Å². The molecule has 0 aliphatic rings. The molecule has 3 nitrogen and oxygen atoms in total. The van der Waals surface area contributed by atoms with Gasteiger partial charge in [0, 0.05) is 13.2 Å². The predicted octanol–water partition coefficient (Wildman–Crippen LogP) is 2.60. The van der Waals surface area contributed by atoms with Gasteiger partial charge in [0.2, 0.25) is 0 Å². The lowest BCUT2D eigenvalue weighted by Crippen LogP contribution is -2.14. The quantitative estimate of drug-likeness (QED) is 0.704. The number of hydrogen-bond acceptors (Lipinski definition) is 3. The van der Waals surface area contributed by atoms with Crippen molar-refractivity contribution in [3.05, 3.63) is 28.8 Å². The van der Waals surface area contributed by atoms with E-state index in [4.69, 9.17) is 21.4 Å². The van der Waals surface area contributed by atoms with Crippen LogP contribution in [0.4, 0.5) is 0 Å². The second-order valence-electron chi connectivity index (χ2n) is 3.93. The molecule has 0 aliphatic carbocycles. The number of ether oxygens (including phenoxy) is 1. The van der Waals surface area contributed by atoms with Crippen LogP contribution in [-0.2, 0) is 6.54 Å².